The summed E-state index contributed by atoms with van der Waals surface area (Å²) >= 11 is 0. The van der Waals surface area contributed by atoms with Crippen LogP contribution in [0.5, 0.6) is 0 Å². The summed E-state index contributed by atoms with van der Waals surface area (Å²) in [4.78, 5) is 4.16. The van der Waals surface area contributed by atoms with E-state index in [0.717, 1.165) is 26.1 Å². The lowest BCUT2D eigenvalue weighted by atomic mass is 10.3. The molecule has 5 heteroatoms. The lowest BCUT2D eigenvalue weighted by Gasteiger charge is -2.23. The predicted octanol–water partition coefficient (Wildman–Crippen LogP) is -0.857. The number of aliphatic hydroxyl groups excluding tert-OH is 3. The van der Waals surface area contributed by atoms with E-state index in [9.17, 15) is 0 Å². The van der Waals surface area contributed by atoms with Gasteiger partial charge in [0.25, 0.3) is 0 Å². The number of hydrogen-bond acceptors (Lipinski definition) is 5. The Morgan fingerprint density at radius 1 is 0.765 bits per heavy atom. The van der Waals surface area contributed by atoms with Crippen molar-refractivity contribution in [3.63, 3.8) is 0 Å². The van der Waals surface area contributed by atoms with Crippen molar-refractivity contribution in [2.75, 3.05) is 59.1 Å². The summed E-state index contributed by atoms with van der Waals surface area (Å²) < 4.78 is 0. The first kappa shape index (κ1) is 16.5. The van der Waals surface area contributed by atoms with Gasteiger partial charge in [-0.1, -0.05) is 6.08 Å². The second kappa shape index (κ2) is 12.0. The molecule has 0 aliphatic carbocycles. The fourth-order valence-electron chi connectivity index (χ4n) is 1.75. The minimum Gasteiger partial charge on any atom is -0.395 e. The molecular formula is C12H26N2O3. The maximum atomic E-state index is 8.89. The standard InChI is InChI=1S/C12H26N2O3/c1-2-4-13(7-10-15)5-3-6-14(8-11-16)9-12-17/h2,15-17H,1,3-12H2. The molecule has 0 unspecified atom stereocenters. The number of rotatable bonds is 12. The van der Waals surface area contributed by atoms with Crippen molar-refractivity contribution in [3.05, 3.63) is 12.7 Å². The Kier molecular flexibility index (Phi) is 11.7. The van der Waals surface area contributed by atoms with Gasteiger partial charge >= 0.3 is 0 Å². The number of hydrogen-bond donors (Lipinski definition) is 3. The molecule has 0 spiro atoms. The summed E-state index contributed by atoms with van der Waals surface area (Å²) in [6.07, 6.45) is 2.78. The van der Waals surface area contributed by atoms with Gasteiger partial charge in [-0.05, 0) is 19.5 Å². The Bertz CT molecular complexity index is 173. The first-order valence-electron chi connectivity index (χ1n) is 6.16. The van der Waals surface area contributed by atoms with Crippen molar-refractivity contribution in [1.82, 2.24) is 9.80 Å². The van der Waals surface area contributed by atoms with Crippen LogP contribution in [0.1, 0.15) is 6.42 Å². The molecular weight excluding hydrogens is 220 g/mol. The SMILES string of the molecule is C=CCN(CCO)CCCN(CCO)CCO. The molecule has 0 aliphatic heterocycles. The Balaban J connectivity index is 3.77. The van der Waals surface area contributed by atoms with E-state index in [1.165, 1.54) is 0 Å². The van der Waals surface area contributed by atoms with Gasteiger partial charge in [-0.15, -0.1) is 6.58 Å². The van der Waals surface area contributed by atoms with Crippen LogP contribution in [0.3, 0.4) is 0 Å². The summed E-state index contributed by atoms with van der Waals surface area (Å²) in [6, 6.07) is 0. The maximum absolute atomic E-state index is 8.89. The fourth-order valence-corrected chi connectivity index (χ4v) is 1.75. The van der Waals surface area contributed by atoms with Crippen LogP contribution in [0.2, 0.25) is 0 Å². The smallest absolute Gasteiger partial charge is 0.0558 e. The van der Waals surface area contributed by atoms with Crippen LogP contribution >= 0.6 is 0 Å². The van der Waals surface area contributed by atoms with E-state index in [2.05, 4.69) is 11.5 Å². The van der Waals surface area contributed by atoms with Crippen LogP contribution in [0.25, 0.3) is 0 Å². The molecule has 0 saturated carbocycles. The normalized spacial score (nSPS) is 11.4. The Labute approximate surface area is 104 Å². The van der Waals surface area contributed by atoms with E-state index in [1.807, 2.05) is 11.0 Å². The van der Waals surface area contributed by atoms with E-state index in [-0.39, 0.29) is 19.8 Å². The second-order valence-electron chi connectivity index (χ2n) is 3.96. The van der Waals surface area contributed by atoms with Gasteiger partial charge in [0, 0.05) is 26.2 Å². The van der Waals surface area contributed by atoms with E-state index in [4.69, 9.17) is 15.3 Å². The summed E-state index contributed by atoms with van der Waals surface area (Å²) in [5.74, 6) is 0. The van der Waals surface area contributed by atoms with Crippen molar-refractivity contribution in [2.24, 2.45) is 0 Å². The highest BCUT2D eigenvalue weighted by molar-refractivity contribution is 4.73. The number of nitrogens with zero attached hydrogens (tertiary/aromatic N) is 2. The average Bonchev–Trinajstić information content (AvgIpc) is 2.30. The zero-order valence-electron chi connectivity index (χ0n) is 10.6. The summed E-state index contributed by atoms with van der Waals surface area (Å²) in [5.41, 5.74) is 0. The van der Waals surface area contributed by atoms with Gasteiger partial charge in [0.2, 0.25) is 0 Å². The summed E-state index contributed by atoms with van der Waals surface area (Å²) in [5, 5.41) is 26.6. The molecule has 0 radical (unpaired) electrons. The van der Waals surface area contributed by atoms with Gasteiger partial charge in [0.05, 0.1) is 19.8 Å². The molecule has 0 rings (SSSR count). The monoisotopic (exact) mass is 246 g/mol. The molecule has 0 aromatic carbocycles. The van der Waals surface area contributed by atoms with Crippen LogP contribution in [-0.4, -0.2) is 84.2 Å². The Hall–Kier alpha value is -0.460. The lowest BCUT2D eigenvalue weighted by Crippen LogP contribution is -2.34. The zero-order chi connectivity index (χ0) is 12.9. The largest absolute Gasteiger partial charge is 0.395 e. The molecule has 0 fully saturated rings. The highest BCUT2D eigenvalue weighted by atomic mass is 16.3. The molecule has 3 N–H and O–H groups in total. The third-order valence-corrected chi connectivity index (χ3v) is 2.58. The maximum Gasteiger partial charge on any atom is 0.0558 e. The molecule has 5 nitrogen and oxygen atoms in total. The van der Waals surface area contributed by atoms with Gasteiger partial charge in [0.15, 0.2) is 0 Å². The minimum absolute atomic E-state index is 0.118. The lowest BCUT2D eigenvalue weighted by molar-refractivity contribution is 0.150. The number of aliphatic hydroxyl groups is 3. The van der Waals surface area contributed by atoms with Crippen LogP contribution in [-0.2, 0) is 0 Å². The van der Waals surface area contributed by atoms with Crippen LogP contribution in [0.15, 0.2) is 12.7 Å². The third-order valence-electron chi connectivity index (χ3n) is 2.58. The Morgan fingerprint density at radius 3 is 1.71 bits per heavy atom. The van der Waals surface area contributed by atoms with Crippen molar-refractivity contribution >= 4 is 0 Å². The van der Waals surface area contributed by atoms with E-state index in [1.54, 1.807) is 0 Å². The second-order valence-corrected chi connectivity index (χ2v) is 3.96. The fraction of sp³-hybridized carbons (Fsp3) is 0.833. The van der Waals surface area contributed by atoms with E-state index in [0.29, 0.717) is 19.6 Å². The molecule has 17 heavy (non-hydrogen) atoms. The van der Waals surface area contributed by atoms with Crippen molar-refractivity contribution < 1.29 is 15.3 Å². The quantitative estimate of drug-likeness (QED) is 0.391. The first-order valence-corrected chi connectivity index (χ1v) is 6.16. The first-order chi connectivity index (χ1) is 8.28. The topological polar surface area (TPSA) is 67.2 Å². The predicted molar refractivity (Wildman–Crippen MR) is 69.0 cm³/mol. The molecule has 0 heterocycles. The van der Waals surface area contributed by atoms with E-state index >= 15 is 0 Å². The molecule has 102 valence electrons. The van der Waals surface area contributed by atoms with Gasteiger partial charge < -0.3 is 15.3 Å². The van der Waals surface area contributed by atoms with Crippen molar-refractivity contribution in [1.29, 1.82) is 0 Å². The van der Waals surface area contributed by atoms with Crippen LogP contribution < -0.4 is 0 Å². The molecule has 0 amide bonds. The highest BCUT2D eigenvalue weighted by Gasteiger charge is 2.05. The average molecular weight is 246 g/mol. The molecule has 0 aromatic heterocycles. The van der Waals surface area contributed by atoms with Crippen LogP contribution in [0, 0.1) is 0 Å². The van der Waals surface area contributed by atoms with Gasteiger partial charge in [-0.2, -0.15) is 0 Å². The zero-order valence-corrected chi connectivity index (χ0v) is 10.6. The van der Waals surface area contributed by atoms with E-state index < -0.39 is 0 Å². The molecule has 0 aliphatic rings. The third kappa shape index (κ3) is 9.26. The molecule has 0 bridgehead atoms. The Morgan fingerprint density at radius 2 is 1.24 bits per heavy atom. The van der Waals surface area contributed by atoms with Crippen molar-refractivity contribution in [3.8, 4) is 0 Å². The molecule has 0 atom stereocenters. The highest BCUT2D eigenvalue weighted by Crippen LogP contribution is 1.95. The molecule has 0 saturated heterocycles. The van der Waals surface area contributed by atoms with Gasteiger partial charge in [-0.3, -0.25) is 9.80 Å². The minimum atomic E-state index is 0.118. The summed E-state index contributed by atoms with van der Waals surface area (Å²) in [6.45, 7) is 8.45. The van der Waals surface area contributed by atoms with Crippen LogP contribution in [0.4, 0.5) is 0 Å². The van der Waals surface area contributed by atoms with Gasteiger partial charge in [-0.25, -0.2) is 0 Å². The molecule has 0 aromatic rings. The van der Waals surface area contributed by atoms with Gasteiger partial charge in [0.1, 0.15) is 0 Å². The van der Waals surface area contributed by atoms with Crippen molar-refractivity contribution in [2.45, 2.75) is 6.42 Å². The summed E-state index contributed by atoms with van der Waals surface area (Å²) in [7, 11) is 0.